The molecule has 1 aromatic rings. The molecule has 0 aliphatic carbocycles. The van der Waals surface area contributed by atoms with E-state index in [9.17, 15) is 5.11 Å². The van der Waals surface area contributed by atoms with Crippen LogP contribution in [0.1, 0.15) is 36.8 Å². The Kier molecular flexibility index (Phi) is 3.09. The van der Waals surface area contributed by atoms with Crippen molar-refractivity contribution in [3.8, 4) is 0 Å². The third kappa shape index (κ3) is 1.82. The molecule has 0 saturated heterocycles. The van der Waals surface area contributed by atoms with Gasteiger partial charge < -0.3 is 5.11 Å². The first-order valence-corrected chi connectivity index (χ1v) is 4.91. The van der Waals surface area contributed by atoms with Crippen molar-refractivity contribution in [3.63, 3.8) is 0 Å². The molecular formula is C9H14OS. The average molecular weight is 170 g/mol. The summed E-state index contributed by atoms with van der Waals surface area (Å²) in [6.07, 6.45) is 1.59. The molecule has 0 aliphatic heterocycles. The van der Waals surface area contributed by atoms with Gasteiger partial charge in [-0.25, -0.2) is 0 Å². The zero-order chi connectivity index (χ0) is 8.27. The van der Waals surface area contributed by atoms with Crippen LogP contribution in [0.5, 0.6) is 0 Å². The fourth-order valence-electron chi connectivity index (χ4n) is 1.12. The van der Waals surface area contributed by atoms with Crippen LogP contribution in [0.15, 0.2) is 11.4 Å². The fraction of sp³-hybridized carbons (Fsp3) is 0.556. The number of hydrogen-bond donors (Lipinski definition) is 1. The van der Waals surface area contributed by atoms with Gasteiger partial charge in [0.2, 0.25) is 0 Å². The normalized spacial score (nSPS) is 13.4. The maximum absolute atomic E-state index is 9.54. The van der Waals surface area contributed by atoms with E-state index in [0.717, 1.165) is 17.7 Å². The second kappa shape index (κ2) is 3.88. The first kappa shape index (κ1) is 8.75. The Hall–Kier alpha value is -0.340. The van der Waals surface area contributed by atoms with Crippen molar-refractivity contribution in [2.75, 3.05) is 0 Å². The molecule has 0 aromatic carbocycles. The van der Waals surface area contributed by atoms with Gasteiger partial charge in [0.05, 0.1) is 6.10 Å². The molecule has 0 saturated carbocycles. The van der Waals surface area contributed by atoms with Crippen molar-refractivity contribution in [2.45, 2.75) is 32.8 Å². The molecule has 0 fully saturated rings. The zero-order valence-corrected chi connectivity index (χ0v) is 7.82. The van der Waals surface area contributed by atoms with Gasteiger partial charge in [0, 0.05) is 4.88 Å². The van der Waals surface area contributed by atoms with Crippen LogP contribution < -0.4 is 0 Å². The average Bonchev–Trinajstić information content (AvgIpc) is 2.50. The Morgan fingerprint density at radius 2 is 2.27 bits per heavy atom. The minimum absolute atomic E-state index is 0.245. The van der Waals surface area contributed by atoms with Crippen molar-refractivity contribution in [2.24, 2.45) is 0 Å². The van der Waals surface area contributed by atoms with Gasteiger partial charge in [-0.3, -0.25) is 0 Å². The van der Waals surface area contributed by atoms with E-state index in [0.29, 0.717) is 0 Å². The van der Waals surface area contributed by atoms with Gasteiger partial charge in [0.1, 0.15) is 0 Å². The summed E-state index contributed by atoms with van der Waals surface area (Å²) in [5.41, 5.74) is 1.30. The predicted molar refractivity (Wildman–Crippen MR) is 48.9 cm³/mol. The zero-order valence-electron chi connectivity index (χ0n) is 7.00. The summed E-state index contributed by atoms with van der Waals surface area (Å²) in [7, 11) is 0. The second-order valence-electron chi connectivity index (χ2n) is 2.59. The van der Waals surface area contributed by atoms with Gasteiger partial charge in [-0.1, -0.05) is 13.8 Å². The molecule has 0 amide bonds. The first-order chi connectivity index (χ1) is 5.29. The second-order valence-corrected chi connectivity index (χ2v) is 3.54. The number of aliphatic hydroxyl groups is 1. The number of rotatable bonds is 3. The summed E-state index contributed by atoms with van der Waals surface area (Å²) in [6, 6.07) is 2.10. The molecule has 1 heterocycles. The Morgan fingerprint density at radius 3 is 2.82 bits per heavy atom. The van der Waals surface area contributed by atoms with E-state index in [1.807, 2.05) is 12.3 Å². The Morgan fingerprint density at radius 1 is 1.55 bits per heavy atom. The predicted octanol–water partition coefficient (Wildman–Crippen LogP) is 2.75. The van der Waals surface area contributed by atoms with Crippen molar-refractivity contribution in [3.05, 3.63) is 21.9 Å². The lowest BCUT2D eigenvalue weighted by Gasteiger charge is -2.06. The highest BCUT2D eigenvalue weighted by Crippen LogP contribution is 2.26. The minimum Gasteiger partial charge on any atom is -0.388 e. The first-order valence-electron chi connectivity index (χ1n) is 4.03. The summed E-state index contributed by atoms with van der Waals surface area (Å²) < 4.78 is 0. The van der Waals surface area contributed by atoms with Crippen molar-refractivity contribution < 1.29 is 5.11 Å². The van der Waals surface area contributed by atoms with E-state index in [2.05, 4.69) is 13.0 Å². The number of aryl methyl sites for hydroxylation is 1. The van der Waals surface area contributed by atoms with E-state index in [4.69, 9.17) is 0 Å². The molecular weight excluding hydrogens is 156 g/mol. The molecule has 0 spiro atoms. The molecule has 0 bridgehead atoms. The summed E-state index contributed by atoms with van der Waals surface area (Å²) in [6.45, 7) is 4.12. The van der Waals surface area contributed by atoms with Gasteiger partial charge in [0.25, 0.3) is 0 Å². The highest BCUT2D eigenvalue weighted by atomic mass is 32.1. The van der Waals surface area contributed by atoms with E-state index in [-0.39, 0.29) is 6.10 Å². The Bertz CT molecular complexity index is 217. The lowest BCUT2D eigenvalue weighted by molar-refractivity contribution is 0.176. The summed E-state index contributed by atoms with van der Waals surface area (Å²) in [4.78, 5) is 1.15. The van der Waals surface area contributed by atoms with Gasteiger partial charge in [-0.2, -0.15) is 0 Å². The molecule has 2 heteroatoms. The summed E-state index contributed by atoms with van der Waals surface area (Å²) in [5, 5.41) is 11.6. The number of hydrogen-bond acceptors (Lipinski definition) is 2. The highest BCUT2D eigenvalue weighted by molar-refractivity contribution is 7.10. The molecule has 1 nitrogen and oxygen atoms in total. The van der Waals surface area contributed by atoms with Crippen molar-refractivity contribution in [1.29, 1.82) is 0 Å². The third-order valence-electron chi connectivity index (χ3n) is 1.85. The maximum atomic E-state index is 9.54. The van der Waals surface area contributed by atoms with Crippen LogP contribution in [0.4, 0.5) is 0 Å². The third-order valence-corrected chi connectivity index (χ3v) is 2.91. The molecule has 0 aliphatic rings. The van der Waals surface area contributed by atoms with Crippen LogP contribution in [0.25, 0.3) is 0 Å². The molecule has 1 aromatic heterocycles. The SMILES string of the molecule is CCc1ccsc1C(O)CC. The van der Waals surface area contributed by atoms with E-state index in [1.165, 1.54) is 5.56 Å². The van der Waals surface area contributed by atoms with Gasteiger partial charge >= 0.3 is 0 Å². The van der Waals surface area contributed by atoms with Gasteiger partial charge in [-0.15, -0.1) is 11.3 Å². The Labute approximate surface area is 71.7 Å². The van der Waals surface area contributed by atoms with Crippen LogP contribution in [-0.2, 0) is 6.42 Å². The van der Waals surface area contributed by atoms with Crippen LogP contribution in [-0.4, -0.2) is 5.11 Å². The van der Waals surface area contributed by atoms with E-state index < -0.39 is 0 Å². The lowest BCUT2D eigenvalue weighted by Crippen LogP contribution is -1.94. The summed E-state index contributed by atoms with van der Waals surface area (Å²) >= 11 is 1.66. The van der Waals surface area contributed by atoms with E-state index >= 15 is 0 Å². The van der Waals surface area contributed by atoms with E-state index in [1.54, 1.807) is 11.3 Å². The highest BCUT2D eigenvalue weighted by Gasteiger charge is 2.09. The monoisotopic (exact) mass is 170 g/mol. The number of aliphatic hydroxyl groups excluding tert-OH is 1. The van der Waals surface area contributed by atoms with Gasteiger partial charge in [-0.05, 0) is 29.9 Å². The molecule has 1 rings (SSSR count). The maximum Gasteiger partial charge on any atom is 0.0882 e. The minimum atomic E-state index is -0.245. The topological polar surface area (TPSA) is 20.2 Å². The molecule has 0 radical (unpaired) electrons. The largest absolute Gasteiger partial charge is 0.388 e. The van der Waals surface area contributed by atoms with Crippen molar-refractivity contribution in [1.82, 2.24) is 0 Å². The number of thiophene rings is 1. The molecule has 62 valence electrons. The van der Waals surface area contributed by atoms with Crippen LogP contribution in [0.3, 0.4) is 0 Å². The standard InChI is InChI=1S/C9H14OS/c1-3-7-5-6-11-9(7)8(10)4-2/h5-6,8,10H,3-4H2,1-2H3. The Balaban J connectivity index is 2.83. The smallest absolute Gasteiger partial charge is 0.0882 e. The lowest BCUT2D eigenvalue weighted by atomic mass is 10.1. The molecule has 1 N–H and O–H groups in total. The fourth-order valence-corrected chi connectivity index (χ4v) is 2.18. The molecule has 11 heavy (non-hydrogen) atoms. The molecule has 1 atom stereocenters. The van der Waals surface area contributed by atoms with Crippen LogP contribution >= 0.6 is 11.3 Å². The van der Waals surface area contributed by atoms with Crippen LogP contribution in [0.2, 0.25) is 0 Å². The molecule has 1 unspecified atom stereocenters. The quantitative estimate of drug-likeness (QED) is 0.739. The van der Waals surface area contributed by atoms with Gasteiger partial charge in [0.15, 0.2) is 0 Å². The van der Waals surface area contributed by atoms with Crippen LogP contribution in [0, 0.1) is 0 Å². The van der Waals surface area contributed by atoms with Crippen molar-refractivity contribution >= 4 is 11.3 Å². The summed E-state index contributed by atoms with van der Waals surface area (Å²) in [5.74, 6) is 0.